The van der Waals surface area contributed by atoms with Crippen molar-refractivity contribution in [3.63, 3.8) is 0 Å². The van der Waals surface area contributed by atoms with Gasteiger partial charge in [0.2, 0.25) is 5.91 Å². The first-order chi connectivity index (χ1) is 15.1. The van der Waals surface area contributed by atoms with Gasteiger partial charge >= 0.3 is 0 Å². The van der Waals surface area contributed by atoms with Crippen LogP contribution in [0.4, 0.5) is 11.4 Å². The van der Waals surface area contributed by atoms with Gasteiger partial charge in [-0.2, -0.15) is 0 Å². The SMILES string of the molecule is CCc1c(Cl)cccc1N1CCN(CCCCOc2ccc3c(c2)NC(=O)CC3)CC1. The van der Waals surface area contributed by atoms with Crippen molar-refractivity contribution in [2.45, 2.75) is 39.0 Å². The van der Waals surface area contributed by atoms with Gasteiger partial charge in [-0.05, 0) is 61.6 Å². The van der Waals surface area contributed by atoms with Crippen molar-refractivity contribution in [2.75, 3.05) is 49.5 Å². The molecule has 5 nitrogen and oxygen atoms in total. The smallest absolute Gasteiger partial charge is 0.224 e. The number of benzene rings is 2. The van der Waals surface area contributed by atoms with Crippen LogP contribution in [0.1, 0.15) is 37.3 Å². The molecule has 0 unspecified atom stereocenters. The van der Waals surface area contributed by atoms with Crippen molar-refractivity contribution in [1.82, 2.24) is 4.90 Å². The van der Waals surface area contributed by atoms with Crippen LogP contribution in [-0.4, -0.2) is 50.1 Å². The topological polar surface area (TPSA) is 44.8 Å². The Bertz CT molecular complexity index is 910. The van der Waals surface area contributed by atoms with Crippen LogP contribution in [0.25, 0.3) is 0 Å². The molecule has 0 aromatic heterocycles. The highest BCUT2D eigenvalue weighted by atomic mass is 35.5. The van der Waals surface area contributed by atoms with Crippen LogP contribution < -0.4 is 15.0 Å². The number of piperazine rings is 1. The molecule has 1 amide bonds. The third-order valence-corrected chi connectivity index (χ3v) is 6.63. The van der Waals surface area contributed by atoms with Crippen LogP contribution in [0.2, 0.25) is 5.02 Å². The standard InChI is InChI=1S/C25H32ClN3O2/c1-2-21-22(26)6-5-7-24(21)29-15-13-28(14-16-29)12-3-4-17-31-20-10-8-19-9-11-25(30)27-23(19)18-20/h5-8,10,18H,2-4,9,11-17H2,1H3,(H,27,30). The summed E-state index contributed by atoms with van der Waals surface area (Å²) in [5.74, 6) is 0.925. The van der Waals surface area contributed by atoms with E-state index < -0.39 is 0 Å². The highest BCUT2D eigenvalue weighted by Gasteiger charge is 2.19. The number of unbranched alkanes of at least 4 members (excludes halogenated alkanes) is 1. The monoisotopic (exact) mass is 441 g/mol. The largest absolute Gasteiger partial charge is 0.494 e. The van der Waals surface area contributed by atoms with E-state index in [1.807, 2.05) is 18.2 Å². The number of amides is 1. The normalized spacial score (nSPS) is 16.7. The second-order valence-electron chi connectivity index (χ2n) is 8.34. The van der Waals surface area contributed by atoms with E-state index in [4.69, 9.17) is 16.3 Å². The molecular formula is C25H32ClN3O2. The average Bonchev–Trinajstić information content (AvgIpc) is 2.79. The molecule has 1 N–H and O–H groups in total. The molecule has 2 aromatic rings. The molecule has 0 radical (unpaired) electrons. The summed E-state index contributed by atoms with van der Waals surface area (Å²) < 4.78 is 5.92. The van der Waals surface area contributed by atoms with Gasteiger partial charge in [0.1, 0.15) is 5.75 Å². The Hall–Kier alpha value is -2.24. The first kappa shape index (κ1) is 22.0. The minimum Gasteiger partial charge on any atom is -0.494 e. The molecule has 2 aliphatic rings. The summed E-state index contributed by atoms with van der Waals surface area (Å²) in [6.45, 7) is 8.24. The Morgan fingerprint density at radius 3 is 2.71 bits per heavy atom. The Morgan fingerprint density at radius 1 is 1.06 bits per heavy atom. The molecule has 4 rings (SSSR count). The van der Waals surface area contributed by atoms with Gasteiger partial charge in [-0.15, -0.1) is 0 Å². The molecule has 1 fully saturated rings. The number of carbonyl (C=O) groups excluding carboxylic acids is 1. The first-order valence-corrected chi connectivity index (χ1v) is 11.8. The number of rotatable bonds is 8. The molecule has 0 bridgehead atoms. The second kappa shape index (κ2) is 10.4. The van der Waals surface area contributed by atoms with Crippen molar-refractivity contribution in [3.05, 3.63) is 52.5 Å². The van der Waals surface area contributed by atoms with E-state index >= 15 is 0 Å². The lowest BCUT2D eigenvalue weighted by Crippen LogP contribution is -2.47. The van der Waals surface area contributed by atoms with Crippen molar-refractivity contribution in [1.29, 1.82) is 0 Å². The molecule has 166 valence electrons. The van der Waals surface area contributed by atoms with Crippen molar-refractivity contribution in [2.24, 2.45) is 0 Å². The fraction of sp³-hybridized carbons (Fsp3) is 0.480. The minimum absolute atomic E-state index is 0.0889. The van der Waals surface area contributed by atoms with Crippen LogP contribution in [0, 0.1) is 0 Å². The van der Waals surface area contributed by atoms with Crippen molar-refractivity contribution < 1.29 is 9.53 Å². The maximum atomic E-state index is 11.6. The minimum atomic E-state index is 0.0889. The molecule has 0 saturated carbocycles. The predicted molar refractivity (Wildman–Crippen MR) is 128 cm³/mol. The number of aryl methyl sites for hydroxylation is 1. The number of hydrogen-bond acceptors (Lipinski definition) is 4. The Morgan fingerprint density at radius 2 is 1.90 bits per heavy atom. The zero-order valence-electron chi connectivity index (χ0n) is 18.3. The van der Waals surface area contributed by atoms with Gasteiger partial charge in [-0.25, -0.2) is 0 Å². The molecule has 0 spiro atoms. The summed E-state index contributed by atoms with van der Waals surface area (Å²) in [5.41, 5.74) is 4.65. The summed E-state index contributed by atoms with van der Waals surface area (Å²) >= 11 is 6.39. The number of ether oxygens (including phenoxy) is 1. The van der Waals surface area contributed by atoms with Crippen LogP contribution in [-0.2, 0) is 17.6 Å². The first-order valence-electron chi connectivity index (χ1n) is 11.4. The highest BCUT2D eigenvalue weighted by molar-refractivity contribution is 6.31. The van der Waals surface area contributed by atoms with E-state index in [0.717, 1.165) is 74.9 Å². The molecule has 2 heterocycles. The predicted octanol–water partition coefficient (Wildman–Crippen LogP) is 4.77. The molecule has 2 aromatic carbocycles. The number of halogens is 1. The highest BCUT2D eigenvalue weighted by Crippen LogP contribution is 2.29. The molecule has 1 saturated heterocycles. The number of fused-ring (bicyclic) bond motifs is 1. The number of carbonyl (C=O) groups is 1. The number of anilines is 2. The lowest BCUT2D eigenvalue weighted by Gasteiger charge is -2.37. The molecule has 2 aliphatic heterocycles. The Kier molecular flexibility index (Phi) is 7.36. The van der Waals surface area contributed by atoms with E-state index in [1.54, 1.807) is 0 Å². The van der Waals surface area contributed by atoms with Crippen LogP contribution >= 0.6 is 11.6 Å². The summed E-state index contributed by atoms with van der Waals surface area (Å²) in [6, 6.07) is 12.3. The van der Waals surface area contributed by atoms with E-state index in [9.17, 15) is 4.79 Å². The maximum absolute atomic E-state index is 11.6. The van der Waals surface area contributed by atoms with Gasteiger partial charge in [0.15, 0.2) is 0 Å². The zero-order valence-corrected chi connectivity index (χ0v) is 19.1. The number of nitrogens with one attached hydrogen (secondary N) is 1. The van der Waals surface area contributed by atoms with Crippen LogP contribution in [0.5, 0.6) is 5.75 Å². The second-order valence-corrected chi connectivity index (χ2v) is 8.75. The fourth-order valence-electron chi connectivity index (χ4n) is 4.47. The third-order valence-electron chi connectivity index (χ3n) is 6.27. The van der Waals surface area contributed by atoms with Crippen molar-refractivity contribution in [3.8, 4) is 5.75 Å². The lowest BCUT2D eigenvalue weighted by atomic mass is 10.0. The molecule has 31 heavy (non-hydrogen) atoms. The number of hydrogen-bond donors (Lipinski definition) is 1. The fourth-order valence-corrected chi connectivity index (χ4v) is 4.78. The zero-order chi connectivity index (χ0) is 21.6. The maximum Gasteiger partial charge on any atom is 0.224 e. The summed E-state index contributed by atoms with van der Waals surface area (Å²) in [4.78, 5) is 16.6. The van der Waals surface area contributed by atoms with E-state index in [2.05, 4.69) is 40.2 Å². The van der Waals surface area contributed by atoms with E-state index in [0.29, 0.717) is 13.0 Å². The average molecular weight is 442 g/mol. The Balaban J connectivity index is 1.16. The van der Waals surface area contributed by atoms with Crippen LogP contribution in [0.3, 0.4) is 0 Å². The van der Waals surface area contributed by atoms with Crippen molar-refractivity contribution >= 4 is 28.9 Å². The van der Waals surface area contributed by atoms with Gasteiger partial charge < -0.3 is 15.0 Å². The number of nitrogens with zero attached hydrogens (tertiary/aromatic N) is 2. The van der Waals surface area contributed by atoms with Gasteiger partial charge in [0, 0.05) is 55.1 Å². The molecule has 0 aliphatic carbocycles. The van der Waals surface area contributed by atoms with Gasteiger partial charge in [-0.1, -0.05) is 30.7 Å². The quantitative estimate of drug-likeness (QED) is 0.599. The molecular weight excluding hydrogens is 410 g/mol. The van der Waals surface area contributed by atoms with Gasteiger partial charge in [0.05, 0.1) is 6.61 Å². The Labute approximate surface area is 190 Å². The van der Waals surface area contributed by atoms with Crippen LogP contribution in [0.15, 0.2) is 36.4 Å². The van der Waals surface area contributed by atoms with Gasteiger partial charge in [0.25, 0.3) is 0 Å². The van der Waals surface area contributed by atoms with Gasteiger partial charge in [-0.3, -0.25) is 9.69 Å². The molecule has 6 heteroatoms. The third kappa shape index (κ3) is 5.52. The summed E-state index contributed by atoms with van der Waals surface area (Å²) in [7, 11) is 0. The van der Waals surface area contributed by atoms with E-state index in [-0.39, 0.29) is 5.91 Å². The summed E-state index contributed by atoms with van der Waals surface area (Å²) in [6.07, 6.45) is 4.49. The molecule has 0 atom stereocenters. The lowest BCUT2D eigenvalue weighted by molar-refractivity contribution is -0.116. The van der Waals surface area contributed by atoms with E-state index in [1.165, 1.54) is 16.8 Å². The summed E-state index contributed by atoms with van der Waals surface area (Å²) in [5, 5.41) is 3.81.